The van der Waals surface area contributed by atoms with Gasteiger partial charge in [-0.05, 0) is 44.4 Å². The molecule has 3 rings (SSSR count). The number of halogens is 1. The molecule has 1 aromatic rings. The lowest BCUT2D eigenvalue weighted by atomic mass is 10.0. The molecule has 2 aliphatic rings. The number of rotatable bonds is 4. The summed E-state index contributed by atoms with van der Waals surface area (Å²) in [7, 11) is 0. The molecular formula is C16H21ClN2O. The summed E-state index contributed by atoms with van der Waals surface area (Å²) in [5, 5.41) is 4.08. The minimum Gasteiger partial charge on any atom is -0.334 e. The van der Waals surface area contributed by atoms with E-state index in [1.165, 1.54) is 19.3 Å². The predicted octanol–water partition coefficient (Wildman–Crippen LogP) is 3.09. The molecule has 1 aromatic carbocycles. The van der Waals surface area contributed by atoms with Crippen LogP contribution in [0.15, 0.2) is 24.3 Å². The summed E-state index contributed by atoms with van der Waals surface area (Å²) >= 11 is 6.17. The topological polar surface area (TPSA) is 32.3 Å². The van der Waals surface area contributed by atoms with E-state index in [2.05, 4.69) is 5.32 Å². The smallest absolute Gasteiger partial charge is 0.255 e. The summed E-state index contributed by atoms with van der Waals surface area (Å²) in [5.41, 5.74) is 0.636. The van der Waals surface area contributed by atoms with Crippen molar-refractivity contribution in [1.82, 2.24) is 10.2 Å². The minimum absolute atomic E-state index is 0.0884. The van der Waals surface area contributed by atoms with E-state index in [1.54, 1.807) is 6.07 Å². The summed E-state index contributed by atoms with van der Waals surface area (Å²) in [5.74, 6) is 0.0884. The highest BCUT2D eigenvalue weighted by atomic mass is 35.5. The lowest BCUT2D eigenvalue weighted by Crippen LogP contribution is -2.46. The number of hydrogen-bond donors (Lipinski definition) is 1. The van der Waals surface area contributed by atoms with Crippen molar-refractivity contribution in [3.05, 3.63) is 34.9 Å². The molecule has 1 saturated heterocycles. The Morgan fingerprint density at radius 2 is 2.05 bits per heavy atom. The Morgan fingerprint density at radius 1 is 1.25 bits per heavy atom. The van der Waals surface area contributed by atoms with Crippen LogP contribution in [-0.4, -0.2) is 36.0 Å². The fourth-order valence-electron chi connectivity index (χ4n) is 2.89. The third-order valence-electron chi connectivity index (χ3n) is 4.18. The highest BCUT2D eigenvalue weighted by Gasteiger charge is 2.35. The van der Waals surface area contributed by atoms with E-state index in [0.29, 0.717) is 22.7 Å². The highest BCUT2D eigenvalue weighted by Crippen LogP contribution is 2.30. The van der Waals surface area contributed by atoms with Crippen molar-refractivity contribution < 1.29 is 4.79 Å². The molecule has 1 aliphatic carbocycles. The molecule has 1 amide bonds. The lowest BCUT2D eigenvalue weighted by molar-refractivity contribution is 0.0718. The first kappa shape index (κ1) is 13.9. The summed E-state index contributed by atoms with van der Waals surface area (Å²) in [4.78, 5) is 14.8. The first-order chi connectivity index (χ1) is 9.75. The van der Waals surface area contributed by atoms with Gasteiger partial charge in [0.2, 0.25) is 0 Å². The quantitative estimate of drug-likeness (QED) is 0.925. The molecule has 20 heavy (non-hydrogen) atoms. The summed E-state index contributed by atoms with van der Waals surface area (Å²) < 4.78 is 0. The van der Waals surface area contributed by atoms with Crippen LogP contribution in [0.5, 0.6) is 0 Å². The van der Waals surface area contributed by atoms with Gasteiger partial charge in [0, 0.05) is 18.6 Å². The second-order valence-corrected chi connectivity index (χ2v) is 6.22. The molecule has 108 valence electrons. The maximum absolute atomic E-state index is 12.7. The van der Waals surface area contributed by atoms with Crippen LogP contribution in [0.1, 0.15) is 42.5 Å². The van der Waals surface area contributed by atoms with E-state index in [1.807, 2.05) is 23.1 Å². The molecule has 2 fully saturated rings. The molecule has 0 radical (unpaired) electrons. The summed E-state index contributed by atoms with van der Waals surface area (Å²) in [6.07, 6.45) is 5.93. The zero-order chi connectivity index (χ0) is 13.9. The van der Waals surface area contributed by atoms with Gasteiger partial charge in [-0.25, -0.2) is 0 Å². The lowest BCUT2D eigenvalue weighted by Gasteiger charge is -2.31. The van der Waals surface area contributed by atoms with Gasteiger partial charge in [-0.2, -0.15) is 0 Å². The molecule has 1 atom stereocenters. The first-order valence-electron chi connectivity index (χ1n) is 7.54. The number of carbonyl (C=O) groups excluding carboxylic acids is 1. The fourth-order valence-corrected chi connectivity index (χ4v) is 3.11. The number of nitrogens with zero attached hydrogens (tertiary/aromatic N) is 1. The van der Waals surface area contributed by atoms with Crippen LogP contribution in [-0.2, 0) is 0 Å². The highest BCUT2D eigenvalue weighted by molar-refractivity contribution is 6.33. The maximum Gasteiger partial charge on any atom is 0.255 e. The second-order valence-electron chi connectivity index (χ2n) is 5.82. The van der Waals surface area contributed by atoms with E-state index >= 15 is 0 Å². The van der Waals surface area contributed by atoms with E-state index in [4.69, 9.17) is 11.6 Å². The van der Waals surface area contributed by atoms with Crippen molar-refractivity contribution in [3.8, 4) is 0 Å². The minimum atomic E-state index is 0.0884. The van der Waals surface area contributed by atoms with Gasteiger partial charge in [0.25, 0.3) is 5.91 Å². The van der Waals surface area contributed by atoms with Gasteiger partial charge in [0.05, 0.1) is 10.6 Å². The van der Waals surface area contributed by atoms with Crippen molar-refractivity contribution in [1.29, 1.82) is 0 Å². The van der Waals surface area contributed by atoms with Crippen LogP contribution in [0.25, 0.3) is 0 Å². The standard InChI is InChI=1S/C16H21ClN2O/c17-15-7-2-1-6-14(15)16(20)19(13-8-9-13)11-12-5-3-4-10-18-12/h1-2,6-7,12-13,18H,3-5,8-11H2. The molecule has 3 nitrogen and oxygen atoms in total. The van der Waals surface area contributed by atoms with Crippen LogP contribution in [0, 0.1) is 0 Å². The van der Waals surface area contributed by atoms with Crippen LogP contribution in [0.2, 0.25) is 5.02 Å². The SMILES string of the molecule is O=C(c1ccccc1Cl)N(CC1CCCCN1)C1CC1. The molecular weight excluding hydrogens is 272 g/mol. The molecule has 1 saturated carbocycles. The Hall–Kier alpha value is -1.06. The molecule has 0 aromatic heterocycles. The first-order valence-corrected chi connectivity index (χ1v) is 7.92. The van der Waals surface area contributed by atoms with Crippen LogP contribution in [0.4, 0.5) is 0 Å². The van der Waals surface area contributed by atoms with Gasteiger partial charge in [-0.15, -0.1) is 0 Å². The Bertz CT molecular complexity index is 481. The van der Waals surface area contributed by atoms with Gasteiger partial charge >= 0.3 is 0 Å². The second kappa shape index (κ2) is 6.15. The average molecular weight is 293 g/mol. The van der Waals surface area contributed by atoms with Crippen LogP contribution < -0.4 is 5.32 Å². The van der Waals surface area contributed by atoms with Crippen LogP contribution >= 0.6 is 11.6 Å². The number of carbonyl (C=O) groups is 1. The maximum atomic E-state index is 12.7. The third kappa shape index (κ3) is 3.15. The van der Waals surface area contributed by atoms with Gasteiger partial charge in [0.15, 0.2) is 0 Å². The van der Waals surface area contributed by atoms with E-state index in [0.717, 1.165) is 25.9 Å². The Balaban J connectivity index is 1.73. The summed E-state index contributed by atoms with van der Waals surface area (Å²) in [6.45, 7) is 1.89. The molecule has 4 heteroatoms. The normalized spacial score (nSPS) is 22.6. The zero-order valence-electron chi connectivity index (χ0n) is 11.6. The Labute approximate surface area is 125 Å². The molecule has 0 spiro atoms. The van der Waals surface area contributed by atoms with Crippen molar-refractivity contribution in [2.75, 3.05) is 13.1 Å². The van der Waals surface area contributed by atoms with Crippen LogP contribution in [0.3, 0.4) is 0 Å². The average Bonchev–Trinajstić information content (AvgIpc) is 3.30. The predicted molar refractivity (Wildman–Crippen MR) is 81.2 cm³/mol. The van der Waals surface area contributed by atoms with Crippen molar-refractivity contribution in [2.24, 2.45) is 0 Å². The molecule has 1 heterocycles. The van der Waals surface area contributed by atoms with Gasteiger partial charge < -0.3 is 10.2 Å². The number of benzene rings is 1. The number of hydrogen-bond acceptors (Lipinski definition) is 2. The summed E-state index contributed by atoms with van der Waals surface area (Å²) in [6, 6.07) is 8.22. The van der Waals surface area contributed by atoms with Gasteiger partial charge in [-0.3, -0.25) is 4.79 Å². The number of amides is 1. The van der Waals surface area contributed by atoms with E-state index < -0.39 is 0 Å². The van der Waals surface area contributed by atoms with Crippen molar-refractivity contribution in [3.63, 3.8) is 0 Å². The van der Waals surface area contributed by atoms with Gasteiger partial charge in [0.1, 0.15) is 0 Å². The van der Waals surface area contributed by atoms with E-state index in [9.17, 15) is 4.79 Å². The zero-order valence-corrected chi connectivity index (χ0v) is 12.4. The van der Waals surface area contributed by atoms with E-state index in [-0.39, 0.29) is 5.91 Å². The number of nitrogens with one attached hydrogen (secondary N) is 1. The molecule has 1 N–H and O–H groups in total. The molecule has 0 bridgehead atoms. The van der Waals surface area contributed by atoms with Crippen molar-refractivity contribution >= 4 is 17.5 Å². The van der Waals surface area contributed by atoms with Gasteiger partial charge in [-0.1, -0.05) is 30.2 Å². The molecule has 1 aliphatic heterocycles. The largest absolute Gasteiger partial charge is 0.334 e. The Kier molecular flexibility index (Phi) is 4.27. The third-order valence-corrected chi connectivity index (χ3v) is 4.51. The fraction of sp³-hybridized carbons (Fsp3) is 0.562. The monoisotopic (exact) mass is 292 g/mol. The number of piperidine rings is 1. The Morgan fingerprint density at radius 3 is 2.70 bits per heavy atom. The van der Waals surface area contributed by atoms with Crippen molar-refractivity contribution in [2.45, 2.75) is 44.2 Å². The molecule has 1 unspecified atom stereocenters.